The molecule has 0 aliphatic carbocycles. The summed E-state index contributed by atoms with van der Waals surface area (Å²) in [6, 6.07) is 1.63. The summed E-state index contributed by atoms with van der Waals surface area (Å²) in [5.41, 5.74) is 0. The zero-order valence-corrected chi connectivity index (χ0v) is 9.62. The SMILES string of the molecule is CSc1cc(N(CCO)CC(F)F)ncn1. The van der Waals surface area contributed by atoms with Crippen LogP contribution in [0.1, 0.15) is 0 Å². The van der Waals surface area contributed by atoms with Gasteiger partial charge in [-0.2, -0.15) is 0 Å². The molecule has 0 amide bonds. The molecule has 1 heterocycles. The molecule has 16 heavy (non-hydrogen) atoms. The highest BCUT2D eigenvalue weighted by molar-refractivity contribution is 7.98. The summed E-state index contributed by atoms with van der Waals surface area (Å²) in [6.45, 7) is -0.494. The van der Waals surface area contributed by atoms with Crippen molar-refractivity contribution in [3.63, 3.8) is 0 Å². The van der Waals surface area contributed by atoms with Crippen molar-refractivity contribution >= 4 is 17.6 Å². The van der Waals surface area contributed by atoms with Crippen LogP contribution in [0.4, 0.5) is 14.6 Å². The Morgan fingerprint density at radius 1 is 1.50 bits per heavy atom. The lowest BCUT2D eigenvalue weighted by molar-refractivity contribution is 0.152. The molecule has 0 bridgehead atoms. The van der Waals surface area contributed by atoms with Gasteiger partial charge < -0.3 is 10.0 Å². The second-order valence-corrected chi connectivity index (χ2v) is 3.81. The normalized spacial score (nSPS) is 10.8. The van der Waals surface area contributed by atoms with E-state index in [1.807, 2.05) is 6.26 Å². The number of nitrogens with zero attached hydrogens (tertiary/aromatic N) is 3. The number of hydrogen-bond donors (Lipinski definition) is 1. The van der Waals surface area contributed by atoms with Crippen molar-refractivity contribution in [2.45, 2.75) is 11.5 Å². The monoisotopic (exact) mass is 249 g/mol. The van der Waals surface area contributed by atoms with Gasteiger partial charge in [0, 0.05) is 12.6 Å². The van der Waals surface area contributed by atoms with Crippen LogP contribution in [0.25, 0.3) is 0 Å². The third-order valence-electron chi connectivity index (χ3n) is 1.89. The Labute approximate surface area is 96.7 Å². The van der Waals surface area contributed by atoms with E-state index in [0.717, 1.165) is 0 Å². The van der Waals surface area contributed by atoms with Gasteiger partial charge in [-0.25, -0.2) is 18.7 Å². The number of aliphatic hydroxyl groups excluding tert-OH is 1. The van der Waals surface area contributed by atoms with Gasteiger partial charge in [0.15, 0.2) is 0 Å². The van der Waals surface area contributed by atoms with Crippen LogP contribution >= 0.6 is 11.8 Å². The Bertz CT molecular complexity index is 327. The van der Waals surface area contributed by atoms with Gasteiger partial charge in [-0.3, -0.25) is 0 Å². The summed E-state index contributed by atoms with van der Waals surface area (Å²) in [4.78, 5) is 9.21. The minimum atomic E-state index is -2.46. The molecule has 0 aromatic carbocycles. The molecule has 0 spiro atoms. The summed E-state index contributed by atoms with van der Waals surface area (Å²) in [5.74, 6) is 0.411. The predicted octanol–water partition coefficient (Wildman–Crippen LogP) is 1.26. The van der Waals surface area contributed by atoms with Gasteiger partial charge in [-0.1, -0.05) is 0 Å². The molecule has 4 nitrogen and oxygen atoms in total. The summed E-state index contributed by atoms with van der Waals surface area (Å²) in [5, 5.41) is 9.51. The van der Waals surface area contributed by atoms with E-state index in [1.54, 1.807) is 6.07 Å². The number of thioether (sulfide) groups is 1. The number of alkyl halides is 2. The average Bonchev–Trinajstić information content (AvgIpc) is 2.28. The topological polar surface area (TPSA) is 49.2 Å². The molecular weight excluding hydrogens is 236 g/mol. The van der Waals surface area contributed by atoms with Crippen LogP contribution in [0.5, 0.6) is 0 Å². The lowest BCUT2D eigenvalue weighted by Gasteiger charge is -2.22. The van der Waals surface area contributed by atoms with E-state index in [-0.39, 0.29) is 13.2 Å². The first-order valence-electron chi connectivity index (χ1n) is 4.67. The van der Waals surface area contributed by atoms with Crippen molar-refractivity contribution in [1.82, 2.24) is 9.97 Å². The van der Waals surface area contributed by atoms with Crippen molar-refractivity contribution in [1.29, 1.82) is 0 Å². The number of aromatic nitrogens is 2. The number of rotatable bonds is 6. The van der Waals surface area contributed by atoms with Gasteiger partial charge in [-0.05, 0) is 6.26 Å². The first kappa shape index (κ1) is 13.1. The van der Waals surface area contributed by atoms with Crippen LogP contribution < -0.4 is 4.90 Å². The molecule has 0 radical (unpaired) electrons. The van der Waals surface area contributed by atoms with E-state index in [2.05, 4.69) is 9.97 Å². The molecule has 0 unspecified atom stereocenters. The highest BCUT2D eigenvalue weighted by Crippen LogP contribution is 2.17. The molecule has 1 N–H and O–H groups in total. The lowest BCUT2D eigenvalue weighted by atomic mass is 10.4. The molecule has 0 saturated heterocycles. The van der Waals surface area contributed by atoms with E-state index in [1.165, 1.54) is 23.0 Å². The maximum absolute atomic E-state index is 12.3. The largest absolute Gasteiger partial charge is 0.395 e. The number of aliphatic hydroxyl groups is 1. The second-order valence-electron chi connectivity index (χ2n) is 2.98. The van der Waals surface area contributed by atoms with Crippen molar-refractivity contribution in [2.75, 3.05) is 30.9 Å². The fourth-order valence-electron chi connectivity index (χ4n) is 1.20. The van der Waals surface area contributed by atoms with Gasteiger partial charge in [0.05, 0.1) is 13.2 Å². The van der Waals surface area contributed by atoms with Gasteiger partial charge in [0.2, 0.25) is 0 Å². The molecule has 0 aliphatic rings. The molecule has 0 saturated carbocycles. The second kappa shape index (κ2) is 6.59. The zero-order valence-electron chi connectivity index (χ0n) is 8.81. The lowest BCUT2D eigenvalue weighted by Crippen LogP contribution is -2.32. The fourth-order valence-corrected chi connectivity index (χ4v) is 1.58. The third kappa shape index (κ3) is 3.90. The number of hydrogen-bond acceptors (Lipinski definition) is 5. The highest BCUT2D eigenvalue weighted by Gasteiger charge is 2.13. The first-order valence-corrected chi connectivity index (χ1v) is 5.90. The van der Waals surface area contributed by atoms with Crippen LogP contribution in [0, 0.1) is 0 Å². The van der Waals surface area contributed by atoms with E-state index in [4.69, 9.17) is 5.11 Å². The van der Waals surface area contributed by atoms with Crippen molar-refractivity contribution in [2.24, 2.45) is 0 Å². The number of anilines is 1. The fraction of sp³-hybridized carbons (Fsp3) is 0.556. The van der Waals surface area contributed by atoms with Crippen LogP contribution in [0.2, 0.25) is 0 Å². The van der Waals surface area contributed by atoms with Crippen molar-refractivity contribution in [3.8, 4) is 0 Å². The molecule has 1 aromatic heterocycles. The molecule has 7 heteroatoms. The Kier molecular flexibility index (Phi) is 5.41. The standard InChI is InChI=1S/C9H13F2N3OS/c1-16-9-4-8(12-6-13-9)14(2-3-15)5-7(10)11/h4,6-7,15H,2-3,5H2,1H3. The summed E-state index contributed by atoms with van der Waals surface area (Å²) < 4.78 is 24.6. The van der Waals surface area contributed by atoms with Crippen molar-refractivity contribution < 1.29 is 13.9 Å². The van der Waals surface area contributed by atoms with E-state index >= 15 is 0 Å². The Morgan fingerprint density at radius 3 is 2.81 bits per heavy atom. The van der Waals surface area contributed by atoms with Crippen LogP contribution in [-0.4, -0.2) is 47.5 Å². The minimum absolute atomic E-state index is 0.134. The zero-order chi connectivity index (χ0) is 12.0. The first-order chi connectivity index (χ1) is 7.67. The average molecular weight is 249 g/mol. The summed E-state index contributed by atoms with van der Waals surface area (Å²) in [7, 11) is 0. The Morgan fingerprint density at radius 2 is 2.25 bits per heavy atom. The Balaban J connectivity index is 2.82. The quantitative estimate of drug-likeness (QED) is 0.607. The molecule has 0 aliphatic heterocycles. The smallest absolute Gasteiger partial charge is 0.255 e. The van der Waals surface area contributed by atoms with Gasteiger partial charge >= 0.3 is 0 Å². The molecule has 90 valence electrons. The summed E-state index contributed by atoms with van der Waals surface area (Å²) in [6.07, 6.45) is 0.714. The van der Waals surface area contributed by atoms with Crippen LogP contribution in [0.3, 0.4) is 0 Å². The summed E-state index contributed by atoms with van der Waals surface area (Å²) >= 11 is 1.41. The van der Waals surface area contributed by atoms with Crippen molar-refractivity contribution in [3.05, 3.63) is 12.4 Å². The van der Waals surface area contributed by atoms with Gasteiger partial charge in [-0.15, -0.1) is 11.8 Å². The molecule has 0 atom stereocenters. The van der Waals surface area contributed by atoms with E-state index in [9.17, 15) is 8.78 Å². The molecule has 0 fully saturated rings. The Hall–Kier alpha value is -0.950. The molecule has 1 rings (SSSR count). The number of halogens is 2. The molecule has 1 aromatic rings. The maximum Gasteiger partial charge on any atom is 0.255 e. The molecular formula is C9H13F2N3OS. The minimum Gasteiger partial charge on any atom is -0.395 e. The van der Waals surface area contributed by atoms with E-state index in [0.29, 0.717) is 10.8 Å². The van der Waals surface area contributed by atoms with Crippen LogP contribution in [0.15, 0.2) is 17.4 Å². The van der Waals surface area contributed by atoms with Crippen LogP contribution in [-0.2, 0) is 0 Å². The highest BCUT2D eigenvalue weighted by atomic mass is 32.2. The van der Waals surface area contributed by atoms with E-state index < -0.39 is 13.0 Å². The maximum atomic E-state index is 12.3. The third-order valence-corrected chi connectivity index (χ3v) is 2.53. The van der Waals surface area contributed by atoms with Gasteiger partial charge in [0.25, 0.3) is 6.43 Å². The van der Waals surface area contributed by atoms with Gasteiger partial charge in [0.1, 0.15) is 17.2 Å². The predicted molar refractivity (Wildman–Crippen MR) is 59.1 cm³/mol.